The van der Waals surface area contributed by atoms with E-state index < -0.39 is 11.9 Å². The Morgan fingerprint density at radius 3 is 2.50 bits per heavy atom. The SMILES string of the molecule is Cc1ccc(N2C[C@@H](C(=O)OCC(=O)Nc3c(C)cccc3C(C)C)CC2=O)cc1. The van der Waals surface area contributed by atoms with Crippen molar-refractivity contribution < 1.29 is 19.1 Å². The minimum atomic E-state index is -0.573. The van der Waals surface area contributed by atoms with Gasteiger partial charge in [-0.1, -0.05) is 49.7 Å². The average molecular weight is 408 g/mol. The van der Waals surface area contributed by atoms with Crippen LogP contribution in [0.2, 0.25) is 0 Å². The summed E-state index contributed by atoms with van der Waals surface area (Å²) in [6, 6.07) is 13.4. The maximum Gasteiger partial charge on any atom is 0.311 e. The molecule has 0 unspecified atom stereocenters. The topological polar surface area (TPSA) is 75.7 Å². The second kappa shape index (κ2) is 9.11. The van der Waals surface area contributed by atoms with E-state index in [1.807, 2.05) is 56.3 Å². The molecule has 158 valence electrons. The fraction of sp³-hybridized carbons (Fsp3) is 0.375. The van der Waals surface area contributed by atoms with Gasteiger partial charge in [-0.3, -0.25) is 14.4 Å². The number of hydrogen-bond donors (Lipinski definition) is 1. The largest absolute Gasteiger partial charge is 0.455 e. The summed E-state index contributed by atoms with van der Waals surface area (Å²) in [7, 11) is 0. The molecule has 1 aliphatic heterocycles. The highest BCUT2D eigenvalue weighted by Crippen LogP contribution is 2.28. The Morgan fingerprint density at radius 2 is 1.83 bits per heavy atom. The Hall–Kier alpha value is -3.15. The van der Waals surface area contributed by atoms with Crippen molar-refractivity contribution in [1.82, 2.24) is 0 Å². The van der Waals surface area contributed by atoms with Crippen molar-refractivity contribution in [3.8, 4) is 0 Å². The van der Waals surface area contributed by atoms with E-state index in [0.717, 1.165) is 28.1 Å². The van der Waals surface area contributed by atoms with Crippen molar-refractivity contribution in [2.75, 3.05) is 23.4 Å². The number of hydrogen-bond acceptors (Lipinski definition) is 4. The lowest BCUT2D eigenvalue weighted by Crippen LogP contribution is -2.28. The van der Waals surface area contributed by atoms with Gasteiger partial charge in [-0.2, -0.15) is 0 Å². The van der Waals surface area contributed by atoms with E-state index in [2.05, 4.69) is 19.2 Å². The van der Waals surface area contributed by atoms with Crippen LogP contribution < -0.4 is 10.2 Å². The minimum Gasteiger partial charge on any atom is -0.455 e. The Balaban J connectivity index is 1.57. The van der Waals surface area contributed by atoms with E-state index in [0.29, 0.717) is 0 Å². The Bertz CT molecular complexity index is 950. The molecule has 1 saturated heterocycles. The van der Waals surface area contributed by atoms with Crippen LogP contribution in [0.15, 0.2) is 42.5 Å². The van der Waals surface area contributed by atoms with Gasteiger partial charge in [0.15, 0.2) is 6.61 Å². The molecule has 0 saturated carbocycles. The van der Waals surface area contributed by atoms with Gasteiger partial charge < -0.3 is 15.0 Å². The summed E-state index contributed by atoms with van der Waals surface area (Å²) in [5.74, 6) is -1.36. The Labute approximate surface area is 177 Å². The molecule has 0 spiro atoms. The second-order valence-electron chi connectivity index (χ2n) is 8.09. The molecule has 1 heterocycles. The van der Waals surface area contributed by atoms with Crippen molar-refractivity contribution in [2.45, 2.75) is 40.0 Å². The van der Waals surface area contributed by atoms with E-state index in [1.165, 1.54) is 0 Å². The summed E-state index contributed by atoms with van der Waals surface area (Å²) in [6.45, 7) is 7.90. The number of nitrogens with zero attached hydrogens (tertiary/aromatic N) is 1. The van der Waals surface area contributed by atoms with Crippen LogP contribution in [0.4, 0.5) is 11.4 Å². The van der Waals surface area contributed by atoms with Crippen LogP contribution in [-0.4, -0.2) is 30.9 Å². The summed E-state index contributed by atoms with van der Waals surface area (Å²) in [6.07, 6.45) is 0.0869. The molecule has 1 N–H and O–H groups in total. The number of amides is 2. The van der Waals surface area contributed by atoms with Crippen molar-refractivity contribution in [2.24, 2.45) is 5.92 Å². The normalized spacial score (nSPS) is 16.1. The van der Waals surface area contributed by atoms with Gasteiger partial charge in [-0.15, -0.1) is 0 Å². The van der Waals surface area contributed by atoms with Gasteiger partial charge in [-0.25, -0.2) is 0 Å². The van der Waals surface area contributed by atoms with Crippen molar-refractivity contribution in [1.29, 1.82) is 0 Å². The number of carbonyl (C=O) groups excluding carboxylic acids is 3. The molecule has 2 aromatic carbocycles. The van der Waals surface area contributed by atoms with Crippen LogP contribution in [0, 0.1) is 19.8 Å². The third-order valence-corrected chi connectivity index (χ3v) is 5.34. The third kappa shape index (κ3) is 4.87. The molecule has 0 bridgehead atoms. The van der Waals surface area contributed by atoms with Gasteiger partial charge in [-0.05, 0) is 43.0 Å². The van der Waals surface area contributed by atoms with Crippen LogP contribution >= 0.6 is 0 Å². The van der Waals surface area contributed by atoms with Crippen molar-refractivity contribution >= 4 is 29.2 Å². The monoisotopic (exact) mass is 408 g/mol. The van der Waals surface area contributed by atoms with E-state index in [9.17, 15) is 14.4 Å². The number of nitrogens with one attached hydrogen (secondary N) is 1. The van der Waals surface area contributed by atoms with E-state index >= 15 is 0 Å². The van der Waals surface area contributed by atoms with Gasteiger partial charge in [0.1, 0.15) is 0 Å². The molecule has 1 atom stereocenters. The van der Waals surface area contributed by atoms with Gasteiger partial charge in [0.05, 0.1) is 5.92 Å². The van der Waals surface area contributed by atoms with Crippen LogP contribution in [0.5, 0.6) is 0 Å². The number of para-hydroxylation sites is 1. The zero-order valence-electron chi connectivity index (χ0n) is 17.9. The molecular formula is C24H28N2O4. The highest BCUT2D eigenvalue weighted by molar-refractivity contribution is 6.00. The van der Waals surface area contributed by atoms with Gasteiger partial charge >= 0.3 is 5.97 Å². The predicted molar refractivity (Wildman–Crippen MR) is 116 cm³/mol. The number of rotatable bonds is 6. The zero-order chi connectivity index (χ0) is 21.8. The first-order valence-electron chi connectivity index (χ1n) is 10.2. The minimum absolute atomic E-state index is 0.0869. The molecule has 0 radical (unpaired) electrons. The molecule has 3 rings (SSSR count). The van der Waals surface area contributed by atoms with Crippen molar-refractivity contribution in [3.63, 3.8) is 0 Å². The van der Waals surface area contributed by atoms with Crippen molar-refractivity contribution in [3.05, 3.63) is 59.2 Å². The molecular weight excluding hydrogens is 380 g/mol. The van der Waals surface area contributed by atoms with Crippen LogP contribution in [-0.2, 0) is 19.1 Å². The molecule has 1 fully saturated rings. The molecule has 0 aromatic heterocycles. The maximum atomic E-state index is 12.4. The number of esters is 1. The lowest BCUT2D eigenvalue weighted by atomic mass is 9.98. The first kappa shape index (κ1) is 21.6. The molecule has 6 nitrogen and oxygen atoms in total. The van der Waals surface area contributed by atoms with E-state index in [1.54, 1.807) is 4.90 Å². The van der Waals surface area contributed by atoms with Crippen LogP contribution in [0.25, 0.3) is 0 Å². The fourth-order valence-corrected chi connectivity index (χ4v) is 3.61. The Kier molecular flexibility index (Phi) is 6.55. The summed E-state index contributed by atoms with van der Waals surface area (Å²) in [5.41, 5.74) is 4.61. The number of ether oxygens (including phenoxy) is 1. The standard InChI is InChI=1S/C24H28N2O4/c1-15(2)20-7-5-6-17(4)23(20)25-21(27)14-30-24(29)18-12-22(28)26(13-18)19-10-8-16(3)9-11-19/h5-11,15,18H,12-14H2,1-4H3,(H,25,27)/t18-/m0/s1. The zero-order valence-corrected chi connectivity index (χ0v) is 17.9. The first-order valence-corrected chi connectivity index (χ1v) is 10.2. The quantitative estimate of drug-likeness (QED) is 0.734. The number of carbonyl (C=O) groups is 3. The predicted octanol–water partition coefficient (Wildman–Crippen LogP) is 3.96. The lowest BCUT2D eigenvalue weighted by Gasteiger charge is -2.17. The van der Waals surface area contributed by atoms with Gasteiger partial charge in [0, 0.05) is 24.3 Å². The summed E-state index contributed by atoms with van der Waals surface area (Å²) in [5, 5.41) is 2.86. The van der Waals surface area contributed by atoms with Crippen LogP contribution in [0.1, 0.15) is 42.9 Å². The van der Waals surface area contributed by atoms with E-state index in [4.69, 9.17) is 4.74 Å². The lowest BCUT2D eigenvalue weighted by molar-refractivity contribution is -0.151. The highest BCUT2D eigenvalue weighted by Gasteiger charge is 2.36. The molecule has 2 aromatic rings. The summed E-state index contributed by atoms with van der Waals surface area (Å²) >= 11 is 0. The first-order chi connectivity index (χ1) is 14.3. The fourth-order valence-electron chi connectivity index (χ4n) is 3.61. The van der Waals surface area contributed by atoms with Crippen LogP contribution in [0.3, 0.4) is 0 Å². The molecule has 30 heavy (non-hydrogen) atoms. The molecule has 1 aliphatic rings. The maximum absolute atomic E-state index is 12.4. The molecule has 2 amide bonds. The third-order valence-electron chi connectivity index (χ3n) is 5.34. The smallest absolute Gasteiger partial charge is 0.311 e. The summed E-state index contributed by atoms with van der Waals surface area (Å²) in [4.78, 5) is 38.7. The molecule has 6 heteroatoms. The second-order valence-corrected chi connectivity index (χ2v) is 8.09. The molecule has 0 aliphatic carbocycles. The number of aryl methyl sites for hydroxylation is 2. The highest BCUT2D eigenvalue weighted by atomic mass is 16.5. The number of anilines is 2. The average Bonchev–Trinajstić information content (AvgIpc) is 3.10. The Morgan fingerprint density at radius 1 is 1.13 bits per heavy atom. The van der Waals surface area contributed by atoms with Gasteiger partial charge in [0.2, 0.25) is 5.91 Å². The number of benzene rings is 2. The van der Waals surface area contributed by atoms with Gasteiger partial charge in [0.25, 0.3) is 5.91 Å². The summed E-state index contributed by atoms with van der Waals surface area (Å²) < 4.78 is 5.22. The van der Waals surface area contributed by atoms with E-state index in [-0.39, 0.29) is 37.3 Å².